The van der Waals surface area contributed by atoms with Gasteiger partial charge in [-0.15, -0.1) is 0 Å². The van der Waals surface area contributed by atoms with Crippen LogP contribution in [0.5, 0.6) is 0 Å². The maximum atomic E-state index is 14.4. The number of urea groups is 1. The first kappa shape index (κ1) is 33.0. The number of carbonyl (C=O) groups excluding carboxylic acids is 1. The zero-order valence-corrected chi connectivity index (χ0v) is 30.0. The number of carbonyl (C=O) groups is 1. The van der Waals surface area contributed by atoms with Crippen LogP contribution in [0.1, 0.15) is 37.5 Å². The predicted molar refractivity (Wildman–Crippen MR) is 197 cm³/mol. The number of hydrogen-bond acceptors (Lipinski definition) is 5. The molecule has 0 bridgehead atoms. The van der Waals surface area contributed by atoms with E-state index < -0.39 is 8.32 Å². The molecular weight excluding hydrogens is 640 g/mol. The number of halogens is 1. The van der Waals surface area contributed by atoms with Crippen molar-refractivity contribution >= 4 is 65.3 Å². The summed E-state index contributed by atoms with van der Waals surface area (Å²) in [5.41, 5.74) is 4.27. The van der Waals surface area contributed by atoms with Gasteiger partial charge in [-0.05, 0) is 64.3 Å². The highest BCUT2D eigenvalue weighted by Gasteiger charge is 2.50. The van der Waals surface area contributed by atoms with Gasteiger partial charge >= 0.3 is 6.03 Å². The fourth-order valence-electron chi connectivity index (χ4n) is 6.54. The SMILES string of the molecule is CSc1ncc2c(n1)N(c1cccc(CCO[Si](c3ccccc3)(c3ccccc3)C(C)(C)C)c1)C(=O)N(c1c(C)cccc1Cl)C2. The third-order valence-electron chi connectivity index (χ3n) is 8.72. The lowest BCUT2D eigenvalue weighted by Crippen LogP contribution is -2.66. The molecule has 0 saturated heterocycles. The summed E-state index contributed by atoms with van der Waals surface area (Å²) in [5.74, 6) is 0.594. The van der Waals surface area contributed by atoms with Crippen LogP contribution in [0.2, 0.25) is 10.1 Å². The van der Waals surface area contributed by atoms with E-state index in [1.807, 2.05) is 49.7 Å². The third-order valence-corrected chi connectivity index (χ3v) is 14.6. The fourth-order valence-corrected chi connectivity index (χ4v) is 11.8. The first-order valence-electron chi connectivity index (χ1n) is 15.7. The van der Waals surface area contributed by atoms with E-state index in [0.717, 1.165) is 22.4 Å². The van der Waals surface area contributed by atoms with E-state index in [0.29, 0.717) is 41.3 Å². The number of para-hydroxylation sites is 1. The highest BCUT2D eigenvalue weighted by molar-refractivity contribution is 7.98. The number of rotatable bonds is 9. The Balaban J connectivity index is 1.35. The molecule has 4 aromatic carbocycles. The predicted octanol–water partition coefficient (Wildman–Crippen LogP) is 8.56. The molecule has 0 unspecified atom stereocenters. The minimum absolute atomic E-state index is 0.115. The van der Waals surface area contributed by atoms with Crippen molar-refractivity contribution in [3.05, 3.63) is 131 Å². The molecule has 9 heteroatoms. The average Bonchev–Trinajstić information content (AvgIpc) is 3.07. The van der Waals surface area contributed by atoms with Crippen molar-refractivity contribution in [3.63, 3.8) is 0 Å². The Morgan fingerprint density at radius 3 is 2.19 bits per heavy atom. The second-order valence-electron chi connectivity index (χ2n) is 12.7. The lowest BCUT2D eigenvalue weighted by Gasteiger charge is -2.43. The molecule has 0 atom stereocenters. The Hall–Kier alpha value is -3.95. The molecule has 2 heterocycles. The van der Waals surface area contributed by atoms with E-state index in [4.69, 9.17) is 21.0 Å². The number of amides is 2. The van der Waals surface area contributed by atoms with Gasteiger partial charge in [-0.3, -0.25) is 4.90 Å². The lowest BCUT2D eigenvalue weighted by atomic mass is 10.1. The van der Waals surface area contributed by atoms with Crippen LogP contribution < -0.4 is 20.2 Å². The Kier molecular flexibility index (Phi) is 9.57. The number of thioether (sulfide) groups is 1. The van der Waals surface area contributed by atoms with Gasteiger partial charge in [0.15, 0.2) is 11.0 Å². The number of aryl methyl sites for hydroxylation is 1. The van der Waals surface area contributed by atoms with Crippen molar-refractivity contribution < 1.29 is 9.22 Å². The number of hydrogen-bond donors (Lipinski definition) is 0. The topological polar surface area (TPSA) is 58.6 Å². The van der Waals surface area contributed by atoms with Crippen molar-refractivity contribution in [3.8, 4) is 0 Å². The summed E-state index contributed by atoms with van der Waals surface area (Å²) in [6, 6.07) is 35.0. The van der Waals surface area contributed by atoms with Gasteiger partial charge < -0.3 is 4.43 Å². The van der Waals surface area contributed by atoms with Gasteiger partial charge in [-0.2, -0.15) is 0 Å². The smallest absolute Gasteiger partial charge is 0.335 e. The fraction of sp³-hybridized carbons (Fsp3) is 0.237. The van der Waals surface area contributed by atoms with Crippen LogP contribution in [0, 0.1) is 6.92 Å². The summed E-state index contributed by atoms with van der Waals surface area (Å²) < 4.78 is 7.18. The van der Waals surface area contributed by atoms with Crippen LogP contribution >= 0.6 is 23.4 Å². The lowest BCUT2D eigenvalue weighted by molar-refractivity contribution is 0.252. The molecular formula is C38H39ClN4O2SSi. The molecule has 6 rings (SSSR count). The molecule has 0 fully saturated rings. The van der Waals surface area contributed by atoms with Gasteiger partial charge in [-0.1, -0.05) is 129 Å². The number of nitrogens with zero attached hydrogens (tertiary/aromatic N) is 4. The first-order valence-corrected chi connectivity index (χ1v) is 19.3. The van der Waals surface area contributed by atoms with Crippen molar-refractivity contribution in [1.29, 1.82) is 0 Å². The van der Waals surface area contributed by atoms with Crippen LogP contribution in [-0.4, -0.2) is 37.2 Å². The van der Waals surface area contributed by atoms with E-state index in [9.17, 15) is 4.79 Å². The Morgan fingerprint density at radius 1 is 0.915 bits per heavy atom. The Labute approximate surface area is 287 Å². The zero-order valence-electron chi connectivity index (χ0n) is 27.4. The minimum atomic E-state index is -2.68. The third kappa shape index (κ3) is 6.35. The van der Waals surface area contributed by atoms with Crippen LogP contribution in [-0.2, 0) is 17.4 Å². The van der Waals surface area contributed by atoms with Crippen LogP contribution in [0.25, 0.3) is 0 Å². The summed E-state index contributed by atoms with van der Waals surface area (Å²) >= 11 is 8.13. The molecule has 5 aromatic rings. The van der Waals surface area contributed by atoms with Gasteiger partial charge in [0.05, 0.1) is 22.9 Å². The van der Waals surface area contributed by atoms with Crippen LogP contribution in [0.4, 0.5) is 22.0 Å². The van der Waals surface area contributed by atoms with Gasteiger partial charge in [0.1, 0.15) is 0 Å². The molecule has 0 saturated carbocycles. The van der Waals surface area contributed by atoms with Crippen LogP contribution in [0.3, 0.4) is 0 Å². The standard InChI is InChI=1S/C38H39ClN4O2SSi/c1-27-14-12-21-33(39)34(27)42-26-29-25-40-36(46-5)41-35(29)43(37(42)44)30-16-13-15-28(24-30)22-23-45-47(38(2,3)4,31-17-8-6-9-18-31)32-19-10-7-11-20-32/h6-21,24-25H,22-23,26H2,1-5H3. The largest absolute Gasteiger partial charge is 0.407 e. The molecule has 0 spiro atoms. The highest BCUT2D eigenvalue weighted by atomic mass is 35.5. The van der Waals surface area contributed by atoms with Gasteiger partial charge in [0.25, 0.3) is 8.32 Å². The summed E-state index contributed by atoms with van der Waals surface area (Å²) in [7, 11) is -2.68. The second kappa shape index (κ2) is 13.6. The normalized spacial score (nSPS) is 13.5. The van der Waals surface area contributed by atoms with E-state index in [2.05, 4.69) is 98.6 Å². The molecule has 1 aromatic heterocycles. The summed E-state index contributed by atoms with van der Waals surface area (Å²) in [6.45, 7) is 9.69. The molecule has 240 valence electrons. The first-order chi connectivity index (χ1) is 22.6. The highest BCUT2D eigenvalue weighted by Crippen LogP contribution is 2.40. The maximum absolute atomic E-state index is 14.4. The quantitative estimate of drug-likeness (QED) is 0.0888. The molecule has 0 N–H and O–H groups in total. The van der Waals surface area contributed by atoms with Gasteiger partial charge in [-0.25, -0.2) is 19.7 Å². The molecule has 1 aliphatic rings. The summed E-state index contributed by atoms with van der Waals surface area (Å²) in [5, 5.41) is 3.53. The molecule has 1 aliphatic heterocycles. The number of benzene rings is 4. The Bertz CT molecular complexity index is 1820. The molecule has 0 radical (unpaired) electrons. The van der Waals surface area contributed by atoms with Crippen molar-refractivity contribution in [2.24, 2.45) is 0 Å². The van der Waals surface area contributed by atoms with Crippen LogP contribution in [0.15, 0.2) is 114 Å². The average molecular weight is 679 g/mol. The molecule has 0 aliphatic carbocycles. The van der Waals surface area contributed by atoms with E-state index in [-0.39, 0.29) is 11.1 Å². The van der Waals surface area contributed by atoms with Crippen molar-refractivity contribution in [2.45, 2.75) is 50.9 Å². The minimum Gasteiger partial charge on any atom is -0.407 e. The van der Waals surface area contributed by atoms with E-state index in [1.54, 1.807) is 9.80 Å². The number of aromatic nitrogens is 2. The number of anilines is 3. The molecule has 47 heavy (non-hydrogen) atoms. The van der Waals surface area contributed by atoms with Crippen molar-refractivity contribution in [1.82, 2.24) is 9.97 Å². The van der Waals surface area contributed by atoms with Crippen molar-refractivity contribution in [2.75, 3.05) is 22.7 Å². The van der Waals surface area contributed by atoms with E-state index >= 15 is 0 Å². The Morgan fingerprint density at radius 2 is 1.57 bits per heavy atom. The molecule has 2 amide bonds. The zero-order chi connectivity index (χ0) is 33.2. The summed E-state index contributed by atoms with van der Waals surface area (Å²) in [4.78, 5) is 27.1. The monoisotopic (exact) mass is 678 g/mol. The second-order valence-corrected chi connectivity index (χ2v) is 18.2. The maximum Gasteiger partial charge on any atom is 0.335 e. The van der Waals surface area contributed by atoms with E-state index in [1.165, 1.54) is 22.1 Å². The number of fused-ring (bicyclic) bond motifs is 1. The van der Waals surface area contributed by atoms with Gasteiger partial charge in [0.2, 0.25) is 0 Å². The summed E-state index contributed by atoms with van der Waals surface area (Å²) in [6.07, 6.45) is 4.43. The van der Waals surface area contributed by atoms with Gasteiger partial charge in [0, 0.05) is 18.4 Å². The molecule has 6 nitrogen and oxygen atoms in total.